The van der Waals surface area contributed by atoms with E-state index in [0.29, 0.717) is 11.6 Å². The van der Waals surface area contributed by atoms with Crippen LogP contribution in [0.3, 0.4) is 0 Å². The lowest BCUT2D eigenvalue weighted by Gasteiger charge is -2.40. The summed E-state index contributed by atoms with van der Waals surface area (Å²) in [5.41, 5.74) is 33.8. The minimum absolute atomic E-state index is 0.448. The number of benzene rings is 17. The number of allylic oxidation sites excluding steroid dienone is 1. The van der Waals surface area contributed by atoms with E-state index in [9.17, 15) is 0 Å². The summed E-state index contributed by atoms with van der Waals surface area (Å²) in [6, 6.07) is 139. The van der Waals surface area contributed by atoms with E-state index >= 15 is 0 Å². The molecule has 3 aliphatic carbocycles. The van der Waals surface area contributed by atoms with Crippen molar-refractivity contribution in [2.45, 2.75) is 36.8 Å². The maximum Gasteiger partial charge on any atom is 0.160 e. The molecule has 0 amide bonds. The van der Waals surface area contributed by atoms with Crippen LogP contribution in [0.25, 0.3) is 162 Å². The highest BCUT2D eigenvalue weighted by Gasteiger charge is 2.52. The lowest BCUT2D eigenvalue weighted by molar-refractivity contribution is 0.723. The second-order valence-corrected chi connectivity index (χ2v) is 33.1. The van der Waals surface area contributed by atoms with Crippen molar-refractivity contribution in [2.75, 3.05) is 0 Å². The number of nitrogens with zero attached hydrogens (tertiary/aromatic N) is 4. The molecule has 0 saturated carbocycles. The van der Waals surface area contributed by atoms with Gasteiger partial charge in [-0.2, -0.15) is 0 Å². The first-order chi connectivity index (χ1) is 56.9. The van der Waals surface area contributed by atoms with E-state index in [-0.39, 0.29) is 0 Å². The first-order valence-electron chi connectivity index (χ1n) is 39.5. The van der Waals surface area contributed by atoms with E-state index in [1.807, 2.05) is 23.5 Å². The molecule has 4 nitrogen and oxygen atoms in total. The van der Waals surface area contributed by atoms with Crippen molar-refractivity contribution in [3.05, 3.63) is 438 Å². The van der Waals surface area contributed by atoms with Crippen LogP contribution in [0.15, 0.2) is 402 Å². The average molecular weight is 1500 g/mol. The van der Waals surface area contributed by atoms with Gasteiger partial charge in [0.2, 0.25) is 0 Å². The standard InChI is InChI=1S/C109H66N4S2/c1-3-19-68(20-4-1)97-64-99(112-106(110-97)71-41-37-66(38-42-71)74-49-54-102-94(61-74)108(93-35-15-16-36-101(93)114-102)89-31-11-7-27-85(89)86-28-8-12-32-90(86)108)79-48-53-84-78(58-79)46-45-77-57-73(47-52-83(77)84)76-51-56-104-96(63-76)109(91-33-13-9-29-87(91)88-30-10-14-34-92(88)109)95-62-75(50-55-103(95)115-104)67-39-43-72(44-40-67)107-111-98(69-21-5-2-6-22-69)65-100(113-107)82-59-80-25-17-23-70-24-18-26-81(60-82)105(70)80/h1-23,25-65H,24H2. The zero-order valence-corrected chi connectivity index (χ0v) is 63.9. The second kappa shape index (κ2) is 25.8. The molecule has 5 aliphatic rings. The summed E-state index contributed by atoms with van der Waals surface area (Å²) in [6.07, 6.45) is 5.47. The molecular weight excluding hydrogens is 1430 g/mol. The van der Waals surface area contributed by atoms with E-state index < -0.39 is 10.8 Å². The third kappa shape index (κ3) is 10.2. The van der Waals surface area contributed by atoms with Gasteiger partial charge >= 0.3 is 0 Å². The molecule has 17 aromatic carbocycles. The Kier molecular flexibility index (Phi) is 14.8. The van der Waals surface area contributed by atoms with Gasteiger partial charge in [-0.15, -0.1) is 0 Å². The Morgan fingerprint density at radius 1 is 0.226 bits per heavy atom. The van der Waals surface area contributed by atoms with Crippen LogP contribution < -0.4 is 0 Å². The SMILES string of the molecule is C1=Cc2cc(-c3cc(-c4ccccc4)nc(-c4ccc(-c5ccc6c(c5)C5(c7cc(-c8ccc9c(ccc%10cc(-c%11cc(-c%12ccccc%12)nc(-c%12ccc(-c%13ccc%14c(c%13)C%13(c%15ccccc%15S%14)c%14ccccc%14-c%14ccccc%14%13)cc%12)n%11)ccc%109)c8)ccc7S6)c6ccccc6-c6ccccc65)cc4)n3)cc3cccc(c23)C1. The molecule has 0 unspecified atom stereocenters. The largest absolute Gasteiger partial charge is 0.228 e. The number of rotatable bonds is 9. The van der Waals surface area contributed by atoms with E-state index in [4.69, 9.17) is 19.9 Å². The molecule has 2 aromatic heterocycles. The van der Waals surface area contributed by atoms with Crippen LogP contribution in [-0.2, 0) is 17.3 Å². The molecule has 4 heterocycles. The van der Waals surface area contributed by atoms with Crippen LogP contribution in [0.2, 0.25) is 0 Å². The minimum atomic E-state index is -0.601. The summed E-state index contributed by atoms with van der Waals surface area (Å²) in [5, 5.41) is 7.29. The molecule has 0 radical (unpaired) electrons. The lowest BCUT2D eigenvalue weighted by Crippen LogP contribution is -2.32. The molecule has 19 aromatic rings. The number of fused-ring (bicyclic) bond motifs is 21. The Labute approximate surface area is 675 Å². The van der Waals surface area contributed by atoms with Gasteiger partial charge in [0, 0.05) is 53.0 Å². The molecular formula is C109H66N4S2. The Morgan fingerprint density at radius 3 is 1.10 bits per heavy atom. The fraction of sp³-hybridized carbons (Fsp3) is 0.0275. The van der Waals surface area contributed by atoms with Gasteiger partial charge in [-0.1, -0.05) is 333 Å². The molecule has 0 bridgehead atoms. The van der Waals surface area contributed by atoms with Gasteiger partial charge < -0.3 is 0 Å². The van der Waals surface area contributed by atoms with E-state index in [1.54, 1.807) is 0 Å². The highest BCUT2D eigenvalue weighted by molar-refractivity contribution is 7.99. The molecule has 115 heavy (non-hydrogen) atoms. The molecule has 0 saturated heterocycles. The molecule has 6 heteroatoms. The average Bonchev–Trinajstić information content (AvgIpc) is 1.52. The fourth-order valence-electron chi connectivity index (χ4n) is 19.6. The molecule has 0 fully saturated rings. The number of hydrogen-bond donors (Lipinski definition) is 0. The van der Waals surface area contributed by atoms with Gasteiger partial charge in [-0.3, -0.25) is 0 Å². The van der Waals surface area contributed by atoms with Gasteiger partial charge in [0.1, 0.15) is 0 Å². The number of hydrogen-bond acceptors (Lipinski definition) is 6. The molecule has 0 atom stereocenters. The Bertz CT molecular complexity index is 7280. The van der Waals surface area contributed by atoms with Gasteiger partial charge in [0.05, 0.1) is 33.6 Å². The smallest absolute Gasteiger partial charge is 0.160 e. The fourth-order valence-corrected chi connectivity index (χ4v) is 21.9. The summed E-state index contributed by atoms with van der Waals surface area (Å²) in [4.78, 5) is 26.5. The first kappa shape index (κ1) is 65.8. The third-order valence-electron chi connectivity index (χ3n) is 24.8. The predicted octanol–water partition coefficient (Wildman–Crippen LogP) is 28.0. The van der Waals surface area contributed by atoms with E-state index in [2.05, 4.69) is 388 Å². The van der Waals surface area contributed by atoms with Crippen LogP contribution >= 0.6 is 23.5 Å². The summed E-state index contributed by atoms with van der Waals surface area (Å²) in [7, 11) is 0. The van der Waals surface area contributed by atoms with Gasteiger partial charge in [-0.05, 0) is 229 Å². The molecule has 2 aliphatic heterocycles. The lowest BCUT2D eigenvalue weighted by atomic mass is 9.66. The Balaban J connectivity index is 0.560. The minimum Gasteiger partial charge on any atom is -0.228 e. The van der Waals surface area contributed by atoms with Crippen molar-refractivity contribution in [1.29, 1.82) is 0 Å². The Hall–Kier alpha value is -13.9. The monoisotopic (exact) mass is 1490 g/mol. The van der Waals surface area contributed by atoms with E-state index in [1.165, 1.54) is 141 Å². The van der Waals surface area contributed by atoms with Crippen molar-refractivity contribution in [1.82, 2.24) is 19.9 Å². The maximum atomic E-state index is 5.42. The van der Waals surface area contributed by atoms with Crippen LogP contribution in [0.5, 0.6) is 0 Å². The zero-order chi connectivity index (χ0) is 75.5. The van der Waals surface area contributed by atoms with Crippen molar-refractivity contribution >= 4 is 61.9 Å². The van der Waals surface area contributed by atoms with E-state index in [0.717, 1.165) is 84.7 Å². The molecule has 534 valence electrons. The van der Waals surface area contributed by atoms with Crippen LogP contribution in [0.4, 0.5) is 0 Å². The predicted molar refractivity (Wildman–Crippen MR) is 475 cm³/mol. The normalized spacial score (nSPS) is 13.7. The van der Waals surface area contributed by atoms with Crippen molar-refractivity contribution in [3.63, 3.8) is 0 Å². The van der Waals surface area contributed by atoms with Crippen LogP contribution in [0.1, 0.15) is 55.6 Å². The van der Waals surface area contributed by atoms with Crippen molar-refractivity contribution in [2.24, 2.45) is 0 Å². The molecule has 24 rings (SSSR count). The topological polar surface area (TPSA) is 51.6 Å². The number of aromatic nitrogens is 4. The zero-order valence-electron chi connectivity index (χ0n) is 62.3. The van der Waals surface area contributed by atoms with Gasteiger partial charge in [0.25, 0.3) is 0 Å². The quantitative estimate of drug-likeness (QED) is 0.134. The van der Waals surface area contributed by atoms with Gasteiger partial charge in [-0.25, -0.2) is 19.9 Å². The molecule has 2 spiro atoms. The summed E-state index contributed by atoms with van der Waals surface area (Å²) in [6.45, 7) is 0. The highest BCUT2D eigenvalue weighted by atomic mass is 32.2. The Morgan fingerprint density at radius 2 is 0.591 bits per heavy atom. The van der Waals surface area contributed by atoms with Crippen molar-refractivity contribution in [3.8, 4) is 123 Å². The molecule has 0 N–H and O–H groups in total. The highest BCUT2D eigenvalue weighted by Crippen LogP contribution is 2.65. The summed E-state index contributed by atoms with van der Waals surface area (Å²) in [5.74, 6) is 1.37. The second-order valence-electron chi connectivity index (χ2n) is 31.0. The maximum absolute atomic E-state index is 5.42. The van der Waals surface area contributed by atoms with Crippen LogP contribution in [0, 0.1) is 0 Å². The van der Waals surface area contributed by atoms with Crippen molar-refractivity contribution < 1.29 is 0 Å². The van der Waals surface area contributed by atoms with Gasteiger partial charge in [0.15, 0.2) is 11.6 Å². The third-order valence-corrected chi connectivity index (χ3v) is 27.1. The first-order valence-corrected chi connectivity index (χ1v) is 41.1. The summed E-state index contributed by atoms with van der Waals surface area (Å²) < 4.78 is 0. The van der Waals surface area contributed by atoms with Crippen LogP contribution in [-0.4, -0.2) is 19.9 Å². The summed E-state index contributed by atoms with van der Waals surface area (Å²) >= 11 is 3.76.